The molecule has 0 atom stereocenters. The Hall–Kier alpha value is 0.470. The standard InChI is InChI=1S/C10H19BrClN/c1-3-10(4-2)13(9-6-11)8-5-7-12/h5,7,10H,3-4,6,8-9H2,1-2H3/b7-5+. The number of alkyl halides is 1. The molecule has 0 aromatic heterocycles. The molecule has 0 bridgehead atoms. The quantitative estimate of drug-likeness (QED) is 0.638. The first-order valence-electron chi connectivity index (χ1n) is 4.85. The molecule has 0 unspecified atom stereocenters. The second kappa shape index (κ2) is 9.04. The molecule has 13 heavy (non-hydrogen) atoms. The Kier molecular flexibility index (Phi) is 9.37. The minimum Gasteiger partial charge on any atom is -0.296 e. The van der Waals surface area contributed by atoms with E-state index in [1.54, 1.807) is 5.54 Å². The van der Waals surface area contributed by atoms with Crippen molar-refractivity contribution in [3.05, 3.63) is 11.6 Å². The van der Waals surface area contributed by atoms with E-state index in [1.807, 2.05) is 6.08 Å². The van der Waals surface area contributed by atoms with Gasteiger partial charge in [0.15, 0.2) is 0 Å². The van der Waals surface area contributed by atoms with Crippen molar-refractivity contribution in [2.75, 3.05) is 18.4 Å². The van der Waals surface area contributed by atoms with Gasteiger partial charge < -0.3 is 0 Å². The predicted octanol–water partition coefficient (Wildman–Crippen LogP) is 3.62. The summed E-state index contributed by atoms with van der Waals surface area (Å²) >= 11 is 8.99. The smallest absolute Gasteiger partial charge is 0.0178 e. The van der Waals surface area contributed by atoms with Crippen LogP contribution >= 0.6 is 27.5 Å². The van der Waals surface area contributed by atoms with Crippen molar-refractivity contribution in [2.45, 2.75) is 32.7 Å². The van der Waals surface area contributed by atoms with Gasteiger partial charge in [-0.05, 0) is 12.8 Å². The van der Waals surface area contributed by atoms with Crippen molar-refractivity contribution < 1.29 is 0 Å². The first-order chi connectivity index (χ1) is 6.29. The molecule has 0 aromatic carbocycles. The minimum atomic E-state index is 0.686. The summed E-state index contributed by atoms with van der Waals surface area (Å²) in [6, 6.07) is 0.686. The largest absolute Gasteiger partial charge is 0.296 e. The lowest BCUT2D eigenvalue weighted by Crippen LogP contribution is -2.36. The Morgan fingerprint density at radius 2 is 2.00 bits per heavy atom. The van der Waals surface area contributed by atoms with Gasteiger partial charge in [-0.2, -0.15) is 0 Å². The van der Waals surface area contributed by atoms with Crippen molar-refractivity contribution in [1.82, 2.24) is 4.90 Å². The molecule has 1 nitrogen and oxygen atoms in total. The van der Waals surface area contributed by atoms with Gasteiger partial charge in [0.05, 0.1) is 0 Å². The summed E-state index contributed by atoms with van der Waals surface area (Å²) in [6.07, 6.45) is 4.42. The predicted molar refractivity (Wildman–Crippen MR) is 64.7 cm³/mol. The Labute approximate surface area is 95.3 Å². The minimum absolute atomic E-state index is 0.686. The highest BCUT2D eigenvalue weighted by Crippen LogP contribution is 2.08. The van der Waals surface area contributed by atoms with Gasteiger partial charge >= 0.3 is 0 Å². The summed E-state index contributed by atoms with van der Waals surface area (Å²) in [5, 5.41) is 1.03. The Balaban J connectivity index is 4.03. The van der Waals surface area contributed by atoms with Gasteiger partial charge in [-0.1, -0.05) is 47.5 Å². The SMILES string of the molecule is CCC(CC)N(C/C=C/Cl)CCBr. The zero-order valence-corrected chi connectivity index (χ0v) is 10.8. The van der Waals surface area contributed by atoms with Crippen LogP contribution in [0.3, 0.4) is 0 Å². The summed E-state index contributed by atoms with van der Waals surface area (Å²) in [6.45, 7) is 6.52. The molecule has 0 aliphatic heterocycles. The third-order valence-corrected chi connectivity index (χ3v) is 2.79. The molecule has 0 aliphatic rings. The molecule has 0 saturated carbocycles. The van der Waals surface area contributed by atoms with Crippen LogP contribution in [0.25, 0.3) is 0 Å². The lowest BCUT2D eigenvalue weighted by atomic mass is 10.1. The zero-order valence-electron chi connectivity index (χ0n) is 8.47. The molecule has 0 N–H and O–H groups in total. The number of rotatable bonds is 7. The van der Waals surface area contributed by atoms with E-state index >= 15 is 0 Å². The molecule has 0 spiro atoms. The van der Waals surface area contributed by atoms with Crippen LogP contribution < -0.4 is 0 Å². The van der Waals surface area contributed by atoms with Crippen LogP contribution in [-0.4, -0.2) is 29.4 Å². The van der Waals surface area contributed by atoms with E-state index in [0.717, 1.165) is 18.4 Å². The van der Waals surface area contributed by atoms with Crippen LogP contribution in [0.4, 0.5) is 0 Å². The maximum atomic E-state index is 5.52. The normalized spacial score (nSPS) is 12.2. The fraction of sp³-hybridized carbons (Fsp3) is 0.800. The van der Waals surface area contributed by atoms with E-state index in [-0.39, 0.29) is 0 Å². The summed E-state index contributed by atoms with van der Waals surface area (Å²) in [5.74, 6) is 0. The van der Waals surface area contributed by atoms with Crippen molar-refractivity contribution in [3.63, 3.8) is 0 Å². The molecule has 0 amide bonds. The Bertz CT molecular complexity index is 135. The molecule has 0 fully saturated rings. The summed E-state index contributed by atoms with van der Waals surface area (Å²) in [4.78, 5) is 2.45. The molecule has 0 saturated heterocycles. The van der Waals surface area contributed by atoms with Gasteiger partial charge in [-0.15, -0.1) is 0 Å². The molecule has 0 radical (unpaired) electrons. The molecular formula is C10H19BrClN. The van der Waals surface area contributed by atoms with Crippen LogP contribution in [0.5, 0.6) is 0 Å². The van der Waals surface area contributed by atoms with Crippen molar-refractivity contribution in [1.29, 1.82) is 0 Å². The van der Waals surface area contributed by atoms with Crippen LogP contribution in [0.1, 0.15) is 26.7 Å². The lowest BCUT2D eigenvalue weighted by molar-refractivity contribution is 0.219. The first-order valence-corrected chi connectivity index (χ1v) is 6.41. The molecule has 3 heteroatoms. The van der Waals surface area contributed by atoms with E-state index in [2.05, 4.69) is 34.7 Å². The number of nitrogens with zero attached hydrogens (tertiary/aromatic N) is 1. The molecule has 0 heterocycles. The Morgan fingerprint density at radius 1 is 1.38 bits per heavy atom. The second-order valence-electron chi connectivity index (χ2n) is 3.02. The Morgan fingerprint density at radius 3 is 2.38 bits per heavy atom. The number of hydrogen-bond acceptors (Lipinski definition) is 1. The monoisotopic (exact) mass is 267 g/mol. The van der Waals surface area contributed by atoms with E-state index in [1.165, 1.54) is 12.8 Å². The van der Waals surface area contributed by atoms with Gasteiger partial charge in [0.1, 0.15) is 0 Å². The van der Waals surface area contributed by atoms with Crippen LogP contribution in [0.15, 0.2) is 11.6 Å². The molecule has 0 aromatic rings. The fourth-order valence-corrected chi connectivity index (χ4v) is 2.05. The molecule has 0 aliphatic carbocycles. The third kappa shape index (κ3) is 5.71. The van der Waals surface area contributed by atoms with Gasteiger partial charge in [-0.25, -0.2) is 0 Å². The van der Waals surface area contributed by atoms with E-state index < -0.39 is 0 Å². The lowest BCUT2D eigenvalue weighted by Gasteiger charge is -2.28. The van der Waals surface area contributed by atoms with Crippen molar-refractivity contribution >= 4 is 27.5 Å². The fourth-order valence-electron chi connectivity index (χ4n) is 1.51. The van der Waals surface area contributed by atoms with Crippen LogP contribution in [0.2, 0.25) is 0 Å². The van der Waals surface area contributed by atoms with E-state index in [9.17, 15) is 0 Å². The maximum absolute atomic E-state index is 5.52. The van der Waals surface area contributed by atoms with Crippen LogP contribution in [-0.2, 0) is 0 Å². The average molecular weight is 269 g/mol. The van der Waals surface area contributed by atoms with Gasteiger partial charge in [0.25, 0.3) is 0 Å². The molecular weight excluding hydrogens is 249 g/mol. The van der Waals surface area contributed by atoms with Gasteiger partial charge in [-0.3, -0.25) is 4.90 Å². The zero-order chi connectivity index (χ0) is 10.1. The molecule has 78 valence electrons. The maximum Gasteiger partial charge on any atom is 0.0178 e. The highest BCUT2D eigenvalue weighted by Gasteiger charge is 2.12. The van der Waals surface area contributed by atoms with Crippen molar-refractivity contribution in [3.8, 4) is 0 Å². The second-order valence-corrected chi connectivity index (χ2v) is 4.06. The highest BCUT2D eigenvalue weighted by atomic mass is 79.9. The highest BCUT2D eigenvalue weighted by molar-refractivity contribution is 9.09. The van der Waals surface area contributed by atoms with Gasteiger partial charge in [0, 0.05) is 30.0 Å². The van der Waals surface area contributed by atoms with Gasteiger partial charge in [0.2, 0.25) is 0 Å². The molecule has 0 rings (SSSR count). The average Bonchev–Trinajstić information content (AvgIpc) is 2.16. The van der Waals surface area contributed by atoms with Crippen LogP contribution in [0, 0.1) is 0 Å². The first kappa shape index (κ1) is 13.5. The number of hydrogen-bond donors (Lipinski definition) is 0. The van der Waals surface area contributed by atoms with E-state index in [4.69, 9.17) is 11.6 Å². The van der Waals surface area contributed by atoms with Crippen molar-refractivity contribution in [2.24, 2.45) is 0 Å². The number of halogens is 2. The third-order valence-electron chi connectivity index (χ3n) is 2.26. The topological polar surface area (TPSA) is 3.24 Å². The summed E-state index contributed by atoms with van der Waals surface area (Å²) < 4.78 is 0. The summed E-state index contributed by atoms with van der Waals surface area (Å²) in [7, 11) is 0. The summed E-state index contributed by atoms with van der Waals surface area (Å²) in [5.41, 5.74) is 1.60. The van der Waals surface area contributed by atoms with E-state index in [0.29, 0.717) is 6.04 Å².